The second-order valence-corrected chi connectivity index (χ2v) is 4.82. The zero-order valence-electron chi connectivity index (χ0n) is 10.2. The Morgan fingerprint density at radius 2 is 2.39 bits per heavy atom. The van der Waals surface area contributed by atoms with E-state index < -0.39 is 0 Å². The van der Waals surface area contributed by atoms with E-state index in [9.17, 15) is 4.79 Å². The Morgan fingerprint density at radius 3 is 3.06 bits per heavy atom. The molecule has 2 rings (SSSR count). The molecule has 0 amide bonds. The zero-order chi connectivity index (χ0) is 13.0. The highest BCUT2D eigenvalue weighted by Gasteiger charge is 2.09. The number of methoxy groups -OCH3 is 1. The summed E-state index contributed by atoms with van der Waals surface area (Å²) in [6.07, 6.45) is 1.40. The average Bonchev–Trinajstić information content (AvgIpc) is 2.98. The fraction of sp³-hybridized carbons (Fsp3) is 0.333. The van der Waals surface area contributed by atoms with Crippen molar-refractivity contribution < 1.29 is 13.9 Å². The van der Waals surface area contributed by atoms with Gasteiger partial charge in [0, 0.05) is 11.9 Å². The fourth-order valence-electron chi connectivity index (χ4n) is 1.50. The highest BCUT2D eigenvalue weighted by molar-refractivity contribution is 7.09. The molecule has 0 saturated carbocycles. The number of rotatable bonds is 5. The van der Waals surface area contributed by atoms with Gasteiger partial charge in [-0.05, 0) is 13.0 Å². The monoisotopic (exact) mass is 266 g/mol. The number of esters is 1. The number of thiazole rings is 1. The molecule has 0 spiro atoms. The lowest BCUT2D eigenvalue weighted by molar-refractivity contribution is 0.0600. The third-order valence-corrected chi connectivity index (χ3v) is 3.17. The van der Waals surface area contributed by atoms with Gasteiger partial charge in [0.2, 0.25) is 0 Å². The van der Waals surface area contributed by atoms with Gasteiger partial charge < -0.3 is 14.5 Å². The van der Waals surface area contributed by atoms with E-state index >= 15 is 0 Å². The van der Waals surface area contributed by atoms with Gasteiger partial charge in [0.25, 0.3) is 0 Å². The van der Waals surface area contributed by atoms with Crippen molar-refractivity contribution in [2.45, 2.75) is 20.0 Å². The van der Waals surface area contributed by atoms with Gasteiger partial charge in [0.1, 0.15) is 12.0 Å². The molecule has 5 nitrogen and oxygen atoms in total. The second kappa shape index (κ2) is 5.79. The van der Waals surface area contributed by atoms with Crippen LogP contribution in [-0.4, -0.2) is 18.1 Å². The van der Waals surface area contributed by atoms with E-state index in [1.807, 2.05) is 12.3 Å². The molecule has 6 heteroatoms. The van der Waals surface area contributed by atoms with E-state index in [0.29, 0.717) is 24.4 Å². The number of aryl methyl sites for hydroxylation is 1. The van der Waals surface area contributed by atoms with E-state index in [1.165, 1.54) is 13.4 Å². The van der Waals surface area contributed by atoms with Crippen LogP contribution in [0.25, 0.3) is 0 Å². The molecule has 0 bridgehead atoms. The predicted molar refractivity (Wildman–Crippen MR) is 67.4 cm³/mol. The summed E-state index contributed by atoms with van der Waals surface area (Å²) >= 11 is 1.63. The number of furan rings is 1. The summed E-state index contributed by atoms with van der Waals surface area (Å²) < 4.78 is 9.85. The Kier molecular flexibility index (Phi) is 4.11. The Balaban J connectivity index is 1.83. The lowest BCUT2D eigenvalue weighted by atomic mass is 10.3. The molecule has 1 N–H and O–H groups in total. The standard InChI is InChI=1S/C12H14N2O3S/c1-8-14-10(7-18-8)4-13-5-11-3-9(6-17-11)12(15)16-2/h3,6-7,13H,4-5H2,1-2H3. The summed E-state index contributed by atoms with van der Waals surface area (Å²) in [5.74, 6) is 0.308. The number of aromatic nitrogens is 1. The molecule has 0 unspecified atom stereocenters. The largest absolute Gasteiger partial charge is 0.467 e. The van der Waals surface area contributed by atoms with Crippen LogP contribution < -0.4 is 5.32 Å². The van der Waals surface area contributed by atoms with Gasteiger partial charge >= 0.3 is 5.97 Å². The molecule has 0 aliphatic rings. The van der Waals surface area contributed by atoms with Crippen LogP contribution in [0.15, 0.2) is 22.1 Å². The summed E-state index contributed by atoms with van der Waals surface area (Å²) in [5.41, 5.74) is 1.44. The molecular weight excluding hydrogens is 252 g/mol. The molecule has 0 aliphatic heterocycles. The van der Waals surface area contributed by atoms with Crippen LogP contribution in [-0.2, 0) is 17.8 Å². The zero-order valence-corrected chi connectivity index (χ0v) is 11.0. The van der Waals surface area contributed by atoms with Crippen LogP contribution >= 0.6 is 11.3 Å². The molecule has 0 aliphatic carbocycles. The van der Waals surface area contributed by atoms with Crippen LogP contribution in [0.4, 0.5) is 0 Å². The number of hydrogen-bond acceptors (Lipinski definition) is 6. The maximum Gasteiger partial charge on any atom is 0.341 e. The van der Waals surface area contributed by atoms with Crippen LogP contribution in [0.3, 0.4) is 0 Å². The lowest BCUT2D eigenvalue weighted by Gasteiger charge is -1.98. The molecule has 18 heavy (non-hydrogen) atoms. The maximum atomic E-state index is 11.2. The van der Waals surface area contributed by atoms with Crippen molar-refractivity contribution in [2.75, 3.05) is 7.11 Å². The minimum atomic E-state index is -0.389. The van der Waals surface area contributed by atoms with Crippen LogP contribution in [0.2, 0.25) is 0 Å². The Bertz CT molecular complexity index is 533. The SMILES string of the molecule is COC(=O)c1coc(CNCc2csc(C)n2)c1. The smallest absolute Gasteiger partial charge is 0.341 e. The third-order valence-electron chi connectivity index (χ3n) is 2.35. The average molecular weight is 266 g/mol. The Labute approximate surface area is 109 Å². The topological polar surface area (TPSA) is 64.4 Å². The maximum absolute atomic E-state index is 11.2. The second-order valence-electron chi connectivity index (χ2n) is 3.75. The van der Waals surface area contributed by atoms with E-state index in [-0.39, 0.29) is 5.97 Å². The van der Waals surface area contributed by atoms with Crippen molar-refractivity contribution in [3.63, 3.8) is 0 Å². The predicted octanol–water partition coefficient (Wildman–Crippen LogP) is 2.12. The third kappa shape index (κ3) is 3.18. The molecule has 2 aromatic rings. The first-order valence-electron chi connectivity index (χ1n) is 5.46. The Hall–Kier alpha value is -1.66. The van der Waals surface area contributed by atoms with Crippen LogP contribution in [0.5, 0.6) is 0 Å². The van der Waals surface area contributed by atoms with Crippen molar-refractivity contribution in [3.05, 3.63) is 39.7 Å². The summed E-state index contributed by atoms with van der Waals surface area (Å²) in [4.78, 5) is 15.6. The quantitative estimate of drug-likeness (QED) is 0.840. The van der Waals surface area contributed by atoms with Crippen molar-refractivity contribution >= 4 is 17.3 Å². The first-order chi connectivity index (χ1) is 8.69. The van der Waals surface area contributed by atoms with E-state index in [4.69, 9.17) is 4.42 Å². The van der Waals surface area contributed by atoms with Crippen LogP contribution in [0.1, 0.15) is 26.8 Å². The van der Waals surface area contributed by atoms with Crippen molar-refractivity contribution in [1.29, 1.82) is 0 Å². The number of ether oxygens (including phenoxy) is 1. The highest BCUT2D eigenvalue weighted by Crippen LogP contribution is 2.10. The Morgan fingerprint density at radius 1 is 1.56 bits per heavy atom. The number of carbonyl (C=O) groups excluding carboxylic acids is 1. The van der Waals surface area contributed by atoms with Crippen molar-refractivity contribution in [1.82, 2.24) is 10.3 Å². The molecular formula is C12H14N2O3S. The normalized spacial score (nSPS) is 10.6. The molecule has 0 fully saturated rings. The van der Waals surface area contributed by atoms with Crippen molar-refractivity contribution in [2.24, 2.45) is 0 Å². The van der Waals surface area contributed by atoms with Gasteiger partial charge in [-0.1, -0.05) is 0 Å². The van der Waals surface area contributed by atoms with Gasteiger partial charge in [0.05, 0.1) is 29.9 Å². The molecule has 2 aromatic heterocycles. The highest BCUT2D eigenvalue weighted by atomic mass is 32.1. The summed E-state index contributed by atoms with van der Waals surface area (Å²) in [6, 6.07) is 1.67. The molecule has 0 aromatic carbocycles. The summed E-state index contributed by atoms with van der Waals surface area (Å²) in [5, 5.41) is 6.27. The van der Waals surface area contributed by atoms with Crippen LogP contribution in [0, 0.1) is 6.92 Å². The number of carbonyl (C=O) groups is 1. The lowest BCUT2D eigenvalue weighted by Crippen LogP contribution is -2.12. The molecule has 2 heterocycles. The number of nitrogens with one attached hydrogen (secondary N) is 1. The minimum Gasteiger partial charge on any atom is -0.467 e. The molecule has 0 atom stereocenters. The summed E-state index contributed by atoms with van der Waals surface area (Å²) in [6.45, 7) is 3.20. The van der Waals surface area contributed by atoms with E-state index in [1.54, 1.807) is 17.4 Å². The van der Waals surface area contributed by atoms with Gasteiger partial charge in [-0.25, -0.2) is 9.78 Å². The van der Waals surface area contributed by atoms with Gasteiger partial charge in [-0.15, -0.1) is 11.3 Å². The number of hydrogen-bond donors (Lipinski definition) is 1. The summed E-state index contributed by atoms with van der Waals surface area (Å²) in [7, 11) is 1.35. The first kappa shape index (κ1) is 12.8. The fourth-order valence-corrected chi connectivity index (χ4v) is 2.11. The molecule has 96 valence electrons. The molecule has 0 radical (unpaired) electrons. The minimum absolute atomic E-state index is 0.389. The van der Waals surface area contributed by atoms with E-state index in [2.05, 4.69) is 15.0 Å². The number of nitrogens with zero attached hydrogens (tertiary/aromatic N) is 1. The van der Waals surface area contributed by atoms with Gasteiger partial charge in [-0.3, -0.25) is 0 Å². The van der Waals surface area contributed by atoms with Gasteiger partial charge in [-0.2, -0.15) is 0 Å². The van der Waals surface area contributed by atoms with Gasteiger partial charge in [0.15, 0.2) is 0 Å². The van der Waals surface area contributed by atoms with Crippen molar-refractivity contribution in [3.8, 4) is 0 Å². The molecule has 0 saturated heterocycles. The van der Waals surface area contributed by atoms with E-state index in [0.717, 1.165) is 10.7 Å². The first-order valence-corrected chi connectivity index (χ1v) is 6.34.